The van der Waals surface area contributed by atoms with E-state index in [1.54, 1.807) is 0 Å². The van der Waals surface area contributed by atoms with Crippen LogP contribution in [0.2, 0.25) is 0 Å². The van der Waals surface area contributed by atoms with Crippen molar-refractivity contribution < 1.29 is 9.53 Å². The fraction of sp³-hybridized carbons (Fsp3) is 0.909. The van der Waals surface area contributed by atoms with Gasteiger partial charge in [-0.15, -0.1) is 0 Å². The second-order valence-electron chi connectivity index (χ2n) is 5.22. The van der Waals surface area contributed by atoms with Crippen LogP contribution in [-0.2, 0) is 4.74 Å². The summed E-state index contributed by atoms with van der Waals surface area (Å²) in [6.45, 7) is 6.32. The third-order valence-corrected chi connectivity index (χ3v) is 2.92. The molecule has 1 N–H and O–H groups in total. The van der Waals surface area contributed by atoms with E-state index in [0.29, 0.717) is 17.7 Å². The quantitative estimate of drug-likeness (QED) is 0.717. The number of carbonyl (C=O) groups is 1. The standard InChI is InChI=1S/C11H21NO2S/c1-11(2,3)14-10(13)12-7-8-4-5-9(15)6-8/h8-9,15H,4-7H2,1-3H3,(H,12,13). The van der Waals surface area contributed by atoms with Gasteiger partial charge in [0.2, 0.25) is 0 Å². The molecular formula is C11H21NO2S. The van der Waals surface area contributed by atoms with Gasteiger partial charge in [0.05, 0.1) is 0 Å². The molecule has 1 amide bonds. The molecule has 3 nitrogen and oxygen atoms in total. The second-order valence-corrected chi connectivity index (χ2v) is 5.95. The number of hydrogen-bond acceptors (Lipinski definition) is 3. The fourth-order valence-electron chi connectivity index (χ4n) is 1.78. The molecule has 1 aliphatic carbocycles. The minimum atomic E-state index is -0.411. The third-order valence-electron chi connectivity index (χ3n) is 2.45. The van der Waals surface area contributed by atoms with Crippen LogP contribution in [0.25, 0.3) is 0 Å². The van der Waals surface area contributed by atoms with Gasteiger partial charge in [0, 0.05) is 11.8 Å². The predicted octanol–water partition coefficient (Wildman–Crippen LogP) is 2.61. The van der Waals surface area contributed by atoms with E-state index < -0.39 is 5.60 Å². The third kappa shape index (κ3) is 5.30. The van der Waals surface area contributed by atoms with Crippen molar-refractivity contribution in [1.82, 2.24) is 5.32 Å². The van der Waals surface area contributed by atoms with Gasteiger partial charge in [-0.05, 0) is 46.0 Å². The van der Waals surface area contributed by atoms with Crippen molar-refractivity contribution in [3.8, 4) is 0 Å². The number of amides is 1. The maximum Gasteiger partial charge on any atom is 0.407 e. The Morgan fingerprint density at radius 1 is 1.47 bits per heavy atom. The minimum Gasteiger partial charge on any atom is -0.444 e. The van der Waals surface area contributed by atoms with Crippen LogP contribution in [0.3, 0.4) is 0 Å². The highest BCUT2D eigenvalue weighted by molar-refractivity contribution is 7.80. The highest BCUT2D eigenvalue weighted by Crippen LogP contribution is 2.28. The molecule has 0 bridgehead atoms. The predicted molar refractivity (Wildman–Crippen MR) is 64.4 cm³/mol. The van der Waals surface area contributed by atoms with Crippen LogP contribution in [0.5, 0.6) is 0 Å². The summed E-state index contributed by atoms with van der Waals surface area (Å²) in [5.74, 6) is 0.569. The van der Waals surface area contributed by atoms with Crippen molar-refractivity contribution >= 4 is 18.7 Å². The van der Waals surface area contributed by atoms with E-state index in [1.165, 1.54) is 0 Å². The lowest BCUT2D eigenvalue weighted by molar-refractivity contribution is 0.0519. The first-order valence-corrected chi connectivity index (χ1v) is 6.03. The van der Waals surface area contributed by atoms with Crippen molar-refractivity contribution in [2.75, 3.05) is 6.54 Å². The Balaban J connectivity index is 2.17. The van der Waals surface area contributed by atoms with Crippen molar-refractivity contribution in [1.29, 1.82) is 0 Å². The molecule has 1 rings (SSSR count). The van der Waals surface area contributed by atoms with Crippen LogP contribution >= 0.6 is 12.6 Å². The summed E-state index contributed by atoms with van der Waals surface area (Å²) in [6.07, 6.45) is 3.09. The number of thiol groups is 1. The van der Waals surface area contributed by atoms with Crippen LogP contribution in [0.4, 0.5) is 4.79 Å². The molecule has 2 unspecified atom stereocenters. The van der Waals surface area contributed by atoms with Crippen molar-refractivity contribution in [3.63, 3.8) is 0 Å². The molecule has 0 radical (unpaired) electrons. The lowest BCUT2D eigenvalue weighted by Crippen LogP contribution is -2.34. The van der Waals surface area contributed by atoms with E-state index in [2.05, 4.69) is 17.9 Å². The lowest BCUT2D eigenvalue weighted by Gasteiger charge is -2.20. The molecule has 88 valence electrons. The van der Waals surface area contributed by atoms with Gasteiger partial charge in [-0.3, -0.25) is 0 Å². The van der Waals surface area contributed by atoms with Gasteiger partial charge < -0.3 is 10.1 Å². The van der Waals surface area contributed by atoms with Gasteiger partial charge in [0.1, 0.15) is 5.60 Å². The zero-order chi connectivity index (χ0) is 11.5. The monoisotopic (exact) mass is 231 g/mol. The molecule has 0 aromatic carbocycles. The Morgan fingerprint density at radius 2 is 2.13 bits per heavy atom. The van der Waals surface area contributed by atoms with Gasteiger partial charge in [0.25, 0.3) is 0 Å². The largest absolute Gasteiger partial charge is 0.444 e. The lowest BCUT2D eigenvalue weighted by atomic mass is 10.1. The van der Waals surface area contributed by atoms with Crippen LogP contribution < -0.4 is 5.32 Å². The van der Waals surface area contributed by atoms with Gasteiger partial charge >= 0.3 is 6.09 Å². The zero-order valence-corrected chi connectivity index (χ0v) is 10.6. The fourth-order valence-corrected chi connectivity index (χ4v) is 2.22. The molecule has 1 aliphatic rings. The summed E-state index contributed by atoms with van der Waals surface area (Å²) >= 11 is 4.42. The van der Waals surface area contributed by atoms with Crippen LogP contribution in [-0.4, -0.2) is 23.5 Å². The topological polar surface area (TPSA) is 38.3 Å². The first-order chi connectivity index (χ1) is 6.87. The Hall–Kier alpha value is -0.380. The van der Waals surface area contributed by atoms with Gasteiger partial charge in [-0.1, -0.05) is 0 Å². The molecule has 0 heterocycles. The smallest absolute Gasteiger partial charge is 0.407 e. The number of alkyl carbamates (subject to hydrolysis) is 1. The number of nitrogens with one attached hydrogen (secondary N) is 1. The maximum absolute atomic E-state index is 11.3. The average molecular weight is 231 g/mol. The molecule has 4 heteroatoms. The number of ether oxygens (including phenoxy) is 1. The van der Waals surface area contributed by atoms with Crippen LogP contribution in [0.15, 0.2) is 0 Å². The molecule has 15 heavy (non-hydrogen) atoms. The van der Waals surface area contributed by atoms with Crippen molar-refractivity contribution in [2.24, 2.45) is 5.92 Å². The van der Waals surface area contributed by atoms with E-state index in [4.69, 9.17) is 4.74 Å². The first-order valence-electron chi connectivity index (χ1n) is 5.52. The highest BCUT2D eigenvalue weighted by atomic mass is 32.1. The molecular weight excluding hydrogens is 210 g/mol. The molecule has 0 aromatic rings. The summed E-state index contributed by atoms with van der Waals surface area (Å²) in [4.78, 5) is 11.3. The van der Waals surface area contributed by atoms with E-state index in [9.17, 15) is 4.79 Å². The number of rotatable bonds is 2. The Bertz CT molecular complexity index is 225. The minimum absolute atomic E-state index is 0.315. The highest BCUT2D eigenvalue weighted by Gasteiger charge is 2.23. The molecule has 2 atom stereocenters. The van der Waals surface area contributed by atoms with E-state index in [0.717, 1.165) is 19.3 Å². The summed E-state index contributed by atoms with van der Waals surface area (Å²) in [5.41, 5.74) is -0.411. The Kier molecular flexibility index (Phi) is 4.32. The van der Waals surface area contributed by atoms with Crippen LogP contribution in [0.1, 0.15) is 40.0 Å². The van der Waals surface area contributed by atoms with E-state index in [-0.39, 0.29) is 6.09 Å². The normalized spacial score (nSPS) is 26.4. The van der Waals surface area contributed by atoms with Gasteiger partial charge in [-0.25, -0.2) is 4.79 Å². The molecule has 0 aromatic heterocycles. The molecule has 0 aliphatic heterocycles. The summed E-state index contributed by atoms with van der Waals surface area (Å²) in [7, 11) is 0. The molecule has 1 fully saturated rings. The van der Waals surface area contributed by atoms with Gasteiger partial charge in [0.15, 0.2) is 0 Å². The SMILES string of the molecule is CC(C)(C)OC(=O)NCC1CCC(S)C1. The zero-order valence-electron chi connectivity index (χ0n) is 9.75. The number of hydrogen-bond donors (Lipinski definition) is 2. The summed E-state index contributed by atoms with van der Waals surface area (Å²) < 4.78 is 5.16. The van der Waals surface area contributed by atoms with Crippen molar-refractivity contribution in [3.05, 3.63) is 0 Å². The molecule has 0 saturated heterocycles. The summed E-state index contributed by atoms with van der Waals surface area (Å²) in [5, 5.41) is 3.32. The number of carbonyl (C=O) groups excluding carboxylic acids is 1. The van der Waals surface area contributed by atoms with Gasteiger partial charge in [-0.2, -0.15) is 12.6 Å². The Morgan fingerprint density at radius 3 is 2.60 bits per heavy atom. The molecule has 1 saturated carbocycles. The van der Waals surface area contributed by atoms with E-state index >= 15 is 0 Å². The maximum atomic E-state index is 11.3. The van der Waals surface area contributed by atoms with Crippen molar-refractivity contribution in [2.45, 2.75) is 50.9 Å². The molecule has 0 spiro atoms. The van der Waals surface area contributed by atoms with E-state index in [1.807, 2.05) is 20.8 Å². The van der Waals surface area contributed by atoms with Crippen LogP contribution in [0, 0.1) is 5.92 Å². The second kappa shape index (κ2) is 5.10. The first kappa shape index (κ1) is 12.7. The summed E-state index contributed by atoms with van der Waals surface area (Å²) in [6, 6.07) is 0. The average Bonchev–Trinajstić information content (AvgIpc) is 2.45. The Labute approximate surface area is 97.4 Å².